The van der Waals surface area contributed by atoms with E-state index in [1.165, 1.54) is 25.6 Å². The minimum atomic E-state index is -0.361. The topological polar surface area (TPSA) is 86.5 Å². The van der Waals surface area contributed by atoms with Crippen molar-refractivity contribution in [2.45, 2.75) is 6.54 Å². The van der Waals surface area contributed by atoms with Crippen molar-refractivity contribution in [3.63, 3.8) is 0 Å². The molecule has 2 rings (SSSR count). The van der Waals surface area contributed by atoms with E-state index in [4.69, 9.17) is 26.8 Å². The molecule has 0 radical (unpaired) electrons. The first-order chi connectivity index (χ1) is 10.1. The van der Waals surface area contributed by atoms with Gasteiger partial charge in [-0.1, -0.05) is 11.6 Å². The Kier molecular flexibility index (Phi) is 5.00. The zero-order chi connectivity index (χ0) is 15.4. The molecule has 1 heterocycles. The van der Waals surface area contributed by atoms with Gasteiger partial charge < -0.3 is 20.5 Å². The molecule has 2 aromatic rings. The molecular weight excluding hydrogens is 314 g/mol. The highest BCUT2D eigenvalue weighted by molar-refractivity contribution is 7.09. The number of amides is 1. The van der Waals surface area contributed by atoms with Gasteiger partial charge in [0.2, 0.25) is 0 Å². The van der Waals surface area contributed by atoms with Crippen molar-refractivity contribution in [3.8, 4) is 11.5 Å². The molecule has 1 aromatic carbocycles. The largest absolute Gasteiger partial charge is 0.493 e. The first kappa shape index (κ1) is 15.6. The van der Waals surface area contributed by atoms with Gasteiger partial charge in [0, 0.05) is 24.1 Å². The summed E-state index contributed by atoms with van der Waals surface area (Å²) in [5, 5.41) is 5.37. The molecule has 21 heavy (non-hydrogen) atoms. The third-order valence-electron chi connectivity index (χ3n) is 2.68. The second kappa shape index (κ2) is 6.75. The third kappa shape index (κ3) is 3.44. The monoisotopic (exact) mass is 327 g/mol. The highest BCUT2D eigenvalue weighted by atomic mass is 35.5. The zero-order valence-electron chi connectivity index (χ0n) is 11.5. The minimum Gasteiger partial charge on any atom is -0.493 e. The lowest BCUT2D eigenvalue weighted by Gasteiger charge is -2.12. The maximum Gasteiger partial charge on any atom is 0.275 e. The molecule has 1 aromatic heterocycles. The van der Waals surface area contributed by atoms with Gasteiger partial charge in [-0.3, -0.25) is 4.79 Å². The number of carbonyl (C=O) groups excluding carboxylic acids is 1. The van der Waals surface area contributed by atoms with Gasteiger partial charge >= 0.3 is 0 Å². The van der Waals surface area contributed by atoms with Crippen LogP contribution in [-0.2, 0) is 6.54 Å². The molecule has 1 amide bonds. The van der Waals surface area contributed by atoms with E-state index in [-0.39, 0.29) is 5.91 Å². The summed E-state index contributed by atoms with van der Waals surface area (Å²) in [4.78, 5) is 16.2. The number of anilines is 1. The van der Waals surface area contributed by atoms with Gasteiger partial charge in [0.15, 0.2) is 11.5 Å². The molecule has 0 saturated carbocycles. The first-order valence-corrected chi connectivity index (χ1v) is 7.22. The number of rotatable bonds is 5. The van der Waals surface area contributed by atoms with Gasteiger partial charge in [-0.05, 0) is 0 Å². The van der Waals surface area contributed by atoms with Crippen LogP contribution in [0.5, 0.6) is 11.5 Å². The summed E-state index contributed by atoms with van der Waals surface area (Å²) in [5.74, 6) is 0.595. The number of methoxy groups -OCH3 is 2. The summed E-state index contributed by atoms with van der Waals surface area (Å²) in [6.07, 6.45) is 0. The van der Waals surface area contributed by atoms with Crippen LogP contribution >= 0.6 is 22.9 Å². The van der Waals surface area contributed by atoms with Crippen molar-refractivity contribution < 1.29 is 14.3 Å². The molecule has 0 unspecified atom stereocenters. The molecule has 0 bridgehead atoms. The van der Waals surface area contributed by atoms with Crippen LogP contribution in [0.15, 0.2) is 17.5 Å². The molecule has 0 spiro atoms. The zero-order valence-corrected chi connectivity index (χ0v) is 13.0. The summed E-state index contributed by atoms with van der Waals surface area (Å²) in [5.41, 5.74) is 6.19. The lowest BCUT2D eigenvalue weighted by molar-refractivity contribution is 0.102. The number of thiazole rings is 1. The van der Waals surface area contributed by atoms with E-state index in [0.29, 0.717) is 39.5 Å². The third-order valence-corrected chi connectivity index (χ3v) is 3.86. The second-order valence-electron chi connectivity index (χ2n) is 3.97. The molecular formula is C13H14ClN3O3S. The quantitative estimate of drug-likeness (QED) is 0.881. The van der Waals surface area contributed by atoms with Gasteiger partial charge in [0.25, 0.3) is 5.91 Å². The Labute approximate surface area is 130 Å². The highest BCUT2D eigenvalue weighted by Gasteiger charge is 2.15. The number of benzene rings is 1. The van der Waals surface area contributed by atoms with E-state index < -0.39 is 0 Å². The van der Waals surface area contributed by atoms with Crippen molar-refractivity contribution >= 4 is 34.5 Å². The van der Waals surface area contributed by atoms with Crippen LogP contribution in [0.1, 0.15) is 15.5 Å². The summed E-state index contributed by atoms with van der Waals surface area (Å²) < 4.78 is 10.3. The number of hydrogen-bond acceptors (Lipinski definition) is 6. The number of nitrogens with two attached hydrogens (primary N) is 1. The van der Waals surface area contributed by atoms with E-state index in [1.807, 2.05) is 0 Å². The maximum absolute atomic E-state index is 12.1. The van der Waals surface area contributed by atoms with Crippen molar-refractivity contribution in [1.29, 1.82) is 0 Å². The fraction of sp³-hybridized carbons (Fsp3) is 0.231. The maximum atomic E-state index is 12.1. The molecule has 112 valence electrons. The molecule has 0 aliphatic rings. The van der Waals surface area contributed by atoms with E-state index in [9.17, 15) is 4.79 Å². The number of carbonyl (C=O) groups is 1. The molecule has 0 atom stereocenters. The highest BCUT2D eigenvalue weighted by Crippen LogP contribution is 2.36. The predicted molar refractivity (Wildman–Crippen MR) is 82.5 cm³/mol. The molecule has 0 fully saturated rings. The summed E-state index contributed by atoms with van der Waals surface area (Å²) in [7, 11) is 3.02. The summed E-state index contributed by atoms with van der Waals surface area (Å²) in [6, 6.07) is 3.16. The Morgan fingerprint density at radius 2 is 2.05 bits per heavy atom. The number of aromatic nitrogens is 1. The number of ether oxygens (including phenoxy) is 2. The standard InChI is InChI=1S/C13H14ClN3O3S/c1-19-10-3-7(14)8(4-11(10)20-2)17-13(18)9-6-21-12(5-15)16-9/h3-4,6H,5,15H2,1-2H3,(H,17,18). The normalized spacial score (nSPS) is 10.3. The van der Waals surface area contributed by atoms with Crippen LogP contribution in [0, 0.1) is 0 Å². The Bertz CT molecular complexity index is 660. The Balaban J connectivity index is 2.24. The molecule has 6 nitrogen and oxygen atoms in total. The van der Waals surface area contributed by atoms with E-state index in [0.717, 1.165) is 0 Å². The van der Waals surface area contributed by atoms with Crippen LogP contribution < -0.4 is 20.5 Å². The van der Waals surface area contributed by atoms with Crippen molar-refractivity contribution in [2.24, 2.45) is 5.73 Å². The Hall–Kier alpha value is -1.83. The Morgan fingerprint density at radius 3 is 2.62 bits per heavy atom. The fourth-order valence-corrected chi connectivity index (χ4v) is 2.50. The van der Waals surface area contributed by atoms with Gasteiger partial charge in [-0.25, -0.2) is 4.98 Å². The van der Waals surface area contributed by atoms with Crippen LogP contribution in [0.3, 0.4) is 0 Å². The molecule has 0 saturated heterocycles. The minimum absolute atomic E-state index is 0.298. The predicted octanol–water partition coefficient (Wildman–Crippen LogP) is 2.52. The summed E-state index contributed by atoms with van der Waals surface area (Å²) in [6.45, 7) is 0.301. The van der Waals surface area contributed by atoms with Crippen molar-refractivity contribution in [2.75, 3.05) is 19.5 Å². The van der Waals surface area contributed by atoms with Crippen molar-refractivity contribution in [1.82, 2.24) is 4.98 Å². The fourth-order valence-electron chi connectivity index (χ4n) is 1.65. The van der Waals surface area contributed by atoms with E-state index in [1.54, 1.807) is 17.5 Å². The molecule has 0 aliphatic heterocycles. The number of halogens is 1. The molecule has 3 N–H and O–H groups in total. The van der Waals surface area contributed by atoms with Crippen molar-refractivity contribution in [3.05, 3.63) is 33.2 Å². The average Bonchev–Trinajstić information content (AvgIpc) is 2.97. The van der Waals surface area contributed by atoms with Gasteiger partial charge in [0.1, 0.15) is 10.7 Å². The van der Waals surface area contributed by atoms with Gasteiger partial charge in [-0.15, -0.1) is 11.3 Å². The molecule has 8 heteroatoms. The smallest absolute Gasteiger partial charge is 0.275 e. The lowest BCUT2D eigenvalue weighted by Crippen LogP contribution is -2.13. The van der Waals surface area contributed by atoms with Crippen LogP contribution in [0.4, 0.5) is 5.69 Å². The van der Waals surface area contributed by atoms with Gasteiger partial charge in [0.05, 0.1) is 24.9 Å². The van der Waals surface area contributed by atoms with Crippen LogP contribution in [-0.4, -0.2) is 25.1 Å². The summed E-state index contributed by atoms with van der Waals surface area (Å²) >= 11 is 7.44. The van der Waals surface area contributed by atoms with E-state index in [2.05, 4.69) is 10.3 Å². The van der Waals surface area contributed by atoms with Gasteiger partial charge in [-0.2, -0.15) is 0 Å². The van der Waals surface area contributed by atoms with Crippen LogP contribution in [0.25, 0.3) is 0 Å². The molecule has 0 aliphatic carbocycles. The van der Waals surface area contributed by atoms with Crippen LogP contribution in [0.2, 0.25) is 5.02 Å². The second-order valence-corrected chi connectivity index (χ2v) is 5.32. The number of nitrogens with one attached hydrogen (secondary N) is 1. The number of nitrogens with zero attached hydrogens (tertiary/aromatic N) is 1. The SMILES string of the molecule is COc1cc(Cl)c(NC(=O)c2csc(CN)n2)cc1OC. The Morgan fingerprint density at radius 1 is 1.38 bits per heavy atom. The van der Waals surface area contributed by atoms with E-state index >= 15 is 0 Å². The average molecular weight is 328 g/mol. The first-order valence-electron chi connectivity index (χ1n) is 5.96. The number of hydrogen-bond donors (Lipinski definition) is 2. The lowest BCUT2D eigenvalue weighted by atomic mass is 10.2.